The molecule has 4 nitrogen and oxygen atoms in total. The van der Waals surface area contributed by atoms with Gasteiger partial charge in [0, 0.05) is 12.3 Å². The van der Waals surface area contributed by atoms with Crippen molar-refractivity contribution >= 4 is 15.9 Å². The zero-order chi connectivity index (χ0) is 24.3. The molecule has 1 aromatic rings. The van der Waals surface area contributed by atoms with E-state index in [1.54, 1.807) is 24.3 Å². The SMILES string of the molecule is Cc1ccc(S(=O)(=O)OC[C@@H](C)[C@H]2CC[C@H]3[C@@H]4CC(=O)[C@H]5CC=CC[C@]5(C)[C@H]4CC[C@]23C)cc1. The normalized spacial score (nSPS) is 40.4. The number of hydrogen-bond donors (Lipinski definition) is 0. The molecular weight excluding hydrogens is 444 g/mol. The van der Waals surface area contributed by atoms with Crippen LogP contribution in [0.3, 0.4) is 0 Å². The fraction of sp³-hybridized carbons (Fsp3) is 0.690. The van der Waals surface area contributed by atoms with Crippen LogP contribution in [-0.4, -0.2) is 20.8 Å². The number of hydrogen-bond acceptors (Lipinski definition) is 4. The van der Waals surface area contributed by atoms with Gasteiger partial charge < -0.3 is 0 Å². The van der Waals surface area contributed by atoms with Crippen molar-refractivity contribution in [2.45, 2.75) is 77.5 Å². The maximum atomic E-state index is 13.2. The minimum atomic E-state index is -3.75. The molecule has 8 atom stereocenters. The lowest BCUT2D eigenvalue weighted by atomic mass is 9.45. The number of rotatable bonds is 5. The summed E-state index contributed by atoms with van der Waals surface area (Å²) in [5.74, 6) is 2.95. The van der Waals surface area contributed by atoms with Gasteiger partial charge in [0.25, 0.3) is 10.1 Å². The van der Waals surface area contributed by atoms with Crippen LogP contribution in [0.1, 0.15) is 71.3 Å². The molecule has 3 fully saturated rings. The Morgan fingerprint density at radius 1 is 1.03 bits per heavy atom. The number of Topliss-reactive ketones (excluding diaryl/α,β-unsaturated/α-hetero) is 1. The smallest absolute Gasteiger partial charge is 0.296 e. The van der Waals surface area contributed by atoms with Gasteiger partial charge in [0.05, 0.1) is 11.5 Å². The molecule has 0 saturated heterocycles. The summed E-state index contributed by atoms with van der Waals surface area (Å²) >= 11 is 0. The number of carbonyl (C=O) groups is 1. The summed E-state index contributed by atoms with van der Waals surface area (Å²) in [6.07, 6.45) is 11.9. The van der Waals surface area contributed by atoms with Crippen molar-refractivity contribution in [2.75, 3.05) is 6.61 Å². The van der Waals surface area contributed by atoms with E-state index in [2.05, 4.69) is 32.9 Å². The molecule has 5 heteroatoms. The molecule has 4 aliphatic rings. The number of ketones is 1. The third kappa shape index (κ3) is 3.82. The van der Waals surface area contributed by atoms with Crippen LogP contribution in [0.4, 0.5) is 0 Å². The second-order valence-corrected chi connectivity index (χ2v) is 13.9. The fourth-order valence-corrected chi connectivity index (χ4v) is 9.72. The summed E-state index contributed by atoms with van der Waals surface area (Å²) in [5, 5.41) is 0. The Kier molecular flexibility index (Phi) is 6.12. The van der Waals surface area contributed by atoms with Crippen LogP contribution in [0.15, 0.2) is 41.3 Å². The third-order valence-electron chi connectivity index (χ3n) is 10.6. The quantitative estimate of drug-likeness (QED) is 0.361. The molecule has 0 aromatic heterocycles. The van der Waals surface area contributed by atoms with Crippen LogP contribution < -0.4 is 0 Å². The van der Waals surface area contributed by atoms with Gasteiger partial charge in [-0.05, 0) is 98.0 Å². The molecule has 3 saturated carbocycles. The summed E-state index contributed by atoms with van der Waals surface area (Å²) in [6.45, 7) is 9.13. The van der Waals surface area contributed by atoms with Gasteiger partial charge in [-0.3, -0.25) is 8.98 Å². The minimum absolute atomic E-state index is 0.116. The molecule has 0 amide bonds. The largest absolute Gasteiger partial charge is 0.299 e. The van der Waals surface area contributed by atoms with Gasteiger partial charge in [0.1, 0.15) is 5.78 Å². The monoisotopic (exact) mass is 484 g/mol. The first kappa shape index (κ1) is 24.2. The second kappa shape index (κ2) is 8.58. The molecule has 0 spiro atoms. The van der Waals surface area contributed by atoms with Crippen molar-refractivity contribution in [1.29, 1.82) is 0 Å². The second-order valence-electron chi connectivity index (χ2n) is 12.3. The third-order valence-corrected chi connectivity index (χ3v) is 11.9. The molecule has 5 rings (SSSR count). The van der Waals surface area contributed by atoms with Crippen LogP contribution in [0.5, 0.6) is 0 Å². The lowest BCUT2D eigenvalue weighted by Crippen LogP contribution is -2.55. The van der Waals surface area contributed by atoms with Gasteiger partial charge in [-0.15, -0.1) is 0 Å². The van der Waals surface area contributed by atoms with Crippen molar-refractivity contribution in [3.63, 3.8) is 0 Å². The maximum Gasteiger partial charge on any atom is 0.296 e. The zero-order valence-corrected chi connectivity index (χ0v) is 21.9. The highest BCUT2D eigenvalue weighted by Gasteiger charge is 2.61. The molecular formula is C29H40O4S. The van der Waals surface area contributed by atoms with Crippen molar-refractivity contribution in [3.05, 3.63) is 42.0 Å². The maximum absolute atomic E-state index is 13.2. The van der Waals surface area contributed by atoms with E-state index in [4.69, 9.17) is 4.18 Å². The predicted octanol–water partition coefficient (Wildman–Crippen LogP) is 6.34. The Morgan fingerprint density at radius 3 is 2.47 bits per heavy atom. The van der Waals surface area contributed by atoms with Gasteiger partial charge in [-0.2, -0.15) is 8.42 Å². The summed E-state index contributed by atoms with van der Waals surface area (Å²) < 4.78 is 31.1. The van der Waals surface area contributed by atoms with Crippen molar-refractivity contribution in [2.24, 2.45) is 46.3 Å². The van der Waals surface area contributed by atoms with E-state index in [1.165, 1.54) is 12.8 Å². The van der Waals surface area contributed by atoms with Gasteiger partial charge >= 0.3 is 0 Å². The fourth-order valence-electron chi connectivity index (χ4n) is 8.72. The predicted molar refractivity (Wildman–Crippen MR) is 134 cm³/mol. The summed E-state index contributed by atoms with van der Waals surface area (Å²) in [5.41, 5.74) is 1.30. The number of carbonyl (C=O) groups excluding carboxylic acids is 1. The summed E-state index contributed by atoms with van der Waals surface area (Å²) in [6, 6.07) is 6.86. The van der Waals surface area contributed by atoms with Crippen molar-refractivity contribution in [3.8, 4) is 0 Å². The highest BCUT2D eigenvalue weighted by Crippen LogP contribution is 2.67. The summed E-state index contributed by atoms with van der Waals surface area (Å²) in [7, 11) is -3.75. The van der Waals surface area contributed by atoms with Crippen molar-refractivity contribution < 1.29 is 17.4 Å². The topological polar surface area (TPSA) is 60.4 Å². The molecule has 0 radical (unpaired) electrons. The van der Waals surface area contributed by atoms with E-state index in [1.807, 2.05) is 6.92 Å². The van der Waals surface area contributed by atoms with Crippen LogP contribution >= 0.6 is 0 Å². The van der Waals surface area contributed by atoms with Gasteiger partial charge in [0.15, 0.2) is 0 Å². The average molecular weight is 485 g/mol. The zero-order valence-electron chi connectivity index (χ0n) is 21.1. The van der Waals surface area contributed by atoms with E-state index in [-0.39, 0.29) is 34.2 Å². The van der Waals surface area contributed by atoms with Crippen LogP contribution in [-0.2, 0) is 19.1 Å². The Hall–Kier alpha value is -1.46. The Morgan fingerprint density at radius 2 is 1.74 bits per heavy atom. The highest BCUT2D eigenvalue weighted by atomic mass is 32.2. The van der Waals surface area contributed by atoms with E-state index in [0.717, 1.165) is 37.7 Å². The first-order valence-corrected chi connectivity index (χ1v) is 14.6. The van der Waals surface area contributed by atoms with Gasteiger partial charge in [0.2, 0.25) is 0 Å². The van der Waals surface area contributed by atoms with E-state index >= 15 is 0 Å². The van der Waals surface area contributed by atoms with E-state index in [0.29, 0.717) is 29.5 Å². The molecule has 186 valence electrons. The lowest BCUT2D eigenvalue weighted by Gasteiger charge is -2.59. The number of fused-ring (bicyclic) bond motifs is 5. The Bertz CT molecular complexity index is 1070. The Labute approximate surface area is 205 Å². The molecule has 0 heterocycles. The lowest BCUT2D eigenvalue weighted by molar-refractivity contribution is -0.149. The number of aryl methyl sites for hydroxylation is 1. The first-order chi connectivity index (χ1) is 16.1. The van der Waals surface area contributed by atoms with E-state index in [9.17, 15) is 13.2 Å². The first-order valence-electron chi connectivity index (χ1n) is 13.2. The van der Waals surface area contributed by atoms with Crippen LogP contribution in [0.2, 0.25) is 0 Å². The molecule has 1 aromatic carbocycles. The molecule has 0 bridgehead atoms. The minimum Gasteiger partial charge on any atom is -0.299 e. The van der Waals surface area contributed by atoms with Crippen LogP contribution in [0, 0.1) is 53.3 Å². The Balaban J connectivity index is 1.31. The molecule has 0 unspecified atom stereocenters. The molecule has 0 aliphatic heterocycles. The van der Waals surface area contributed by atoms with Crippen molar-refractivity contribution in [1.82, 2.24) is 0 Å². The molecule has 34 heavy (non-hydrogen) atoms. The molecule has 4 aliphatic carbocycles. The number of allylic oxidation sites excluding steroid dienone is 2. The summed E-state index contributed by atoms with van der Waals surface area (Å²) in [4.78, 5) is 13.5. The van der Waals surface area contributed by atoms with E-state index < -0.39 is 10.1 Å². The molecule has 0 N–H and O–H groups in total. The van der Waals surface area contributed by atoms with Gasteiger partial charge in [-0.1, -0.05) is 50.6 Å². The number of benzene rings is 1. The standard InChI is InChI=1S/C29H40O4S/c1-19-8-10-21(11-9-19)34(31,32)33-18-20(2)23-12-13-24-22-17-27(30)26-7-5-6-15-28(26,3)25(22)14-16-29(23,24)4/h5-6,8-11,20,22-26H,7,12-18H2,1-4H3/t20-,22+,23-,24+,25+,26-,28-,29-/m1/s1. The van der Waals surface area contributed by atoms with Gasteiger partial charge in [-0.25, -0.2) is 0 Å². The average Bonchev–Trinajstić information content (AvgIpc) is 3.15. The highest BCUT2D eigenvalue weighted by molar-refractivity contribution is 7.86. The van der Waals surface area contributed by atoms with Crippen LogP contribution in [0.25, 0.3) is 0 Å².